The fraction of sp³-hybridized carbons (Fsp3) is 0.611. The van der Waals surface area contributed by atoms with Gasteiger partial charge in [-0.2, -0.15) is 0 Å². The highest BCUT2D eigenvalue weighted by atomic mass is 32.1. The molecule has 1 saturated heterocycles. The summed E-state index contributed by atoms with van der Waals surface area (Å²) in [4.78, 5) is 26.7. The van der Waals surface area contributed by atoms with E-state index < -0.39 is 0 Å². The van der Waals surface area contributed by atoms with Crippen LogP contribution in [-0.4, -0.2) is 35.5 Å². The van der Waals surface area contributed by atoms with E-state index in [1.807, 2.05) is 25.2 Å². The zero-order chi connectivity index (χ0) is 16.7. The molecule has 2 aliphatic rings. The van der Waals surface area contributed by atoms with Crippen LogP contribution in [0, 0.1) is 12.8 Å². The van der Waals surface area contributed by atoms with Gasteiger partial charge in [0.2, 0.25) is 5.91 Å². The van der Waals surface area contributed by atoms with Crippen LogP contribution in [-0.2, 0) is 17.6 Å². The van der Waals surface area contributed by atoms with E-state index in [4.69, 9.17) is 4.98 Å². The minimum atomic E-state index is 0.0655. The molecule has 1 aliphatic carbocycles. The average molecular weight is 344 g/mol. The molecule has 1 N–H and O–H groups in total. The lowest BCUT2D eigenvalue weighted by Crippen LogP contribution is -2.43. The summed E-state index contributed by atoms with van der Waals surface area (Å²) in [5.74, 6) is 2.14. The molecule has 5 nitrogen and oxygen atoms in total. The van der Waals surface area contributed by atoms with E-state index in [1.54, 1.807) is 0 Å². The number of anilines is 1. The lowest BCUT2D eigenvalue weighted by molar-refractivity contribution is -0.125. The number of fused-ring (bicyclic) bond motifs is 3. The Bertz CT molecular complexity index is 785. The van der Waals surface area contributed by atoms with Crippen molar-refractivity contribution in [3.05, 3.63) is 16.3 Å². The first-order valence-corrected chi connectivity index (χ1v) is 9.80. The van der Waals surface area contributed by atoms with Gasteiger partial charge < -0.3 is 10.2 Å². The van der Waals surface area contributed by atoms with E-state index in [-0.39, 0.29) is 11.8 Å². The van der Waals surface area contributed by atoms with Crippen LogP contribution in [0.5, 0.6) is 0 Å². The molecule has 0 unspecified atom stereocenters. The predicted octanol–water partition coefficient (Wildman–Crippen LogP) is 2.84. The number of thiophene rings is 1. The molecule has 1 aliphatic heterocycles. The van der Waals surface area contributed by atoms with Crippen molar-refractivity contribution in [2.75, 3.05) is 24.5 Å². The van der Waals surface area contributed by atoms with Crippen molar-refractivity contribution in [2.45, 2.75) is 46.0 Å². The van der Waals surface area contributed by atoms with Crippen molar-refractivity contribution in [3.8, 4) is 0 Å². The Kier molecular flexibility index (Phi) is 4.16. The monoisotopic (exact) mass is 344 g/mol. The SMILES string of the molecule is CCNC(=O)[C@@H]1CCCN(c2nc(C)nc3sc4c(c23)CCC4)C1. The number of amides is 1. The molecule has 0 radical (unpaired) electrons. The number of rotatable bonds is 3. The Morgan fingerprint density at radius 2 is 2.21 bits per heavy atom. The minimum Gasteiger partial charge on any atom is -0.356 e. The van der Waals surface area contributed by atoms with Crippen LogP contribution in [0.2, 0.25) is 0 Å². The average Bonchev–Trinajstić information content (AvgIpc) is 3.15. The summed E-state index contributed by atoms with van der Waals surface area (Å²) in [6, 6.07) is 0. The standard InChI is InChI=1S/C18H24N4OS/c1-3-19-17(23)12-6-5-9-22(10-12)16-15-13-7-4-8-14(13)24-18(15)21-11(2)20-16/h12H,3-10H2,1-2H3,(H,19,23)/t12-/m1/s1. The van der Waals surface area contributed by atoms with E-state index in [0.717, 1.165) is 48.8 Å². The lowest BCUT2D eigenvalue weighted by atomic mass is 9.96. The van der Waals surface area contributed by atoms with Gasteiger partial charge in [0.05, 0.1) is 11.3 Å². The number of carbonyl (C=O) groups is 1. The Morgan fingerprint density at radius 3 is 3.04 bits per heavy atom. The molecule has 1 fully saturated rings. The number of nitrogens with one attached hydrogen (secondary N) is 1. The summed E-state index contributed by atoms with van der Waals surface area (Å²) in [6.07, 6.45) is 5.57. The van der Waals surface area contributed by atoms with Gasteiger partial charge in [-0.05, 0) is 51.5 Å². The molecule has 0 spiro atoms. The van der Waals surface area contributed by atoms with Gasteiger partial charge in [0.25, 0.3) is 0 Å². The normalized spacial score (nSPS) is 20.4. The van der Waals surface area contributed by atoms with Crippen molar-refractivity contribution < 1.29 is 4.79 Å². The zero-order valence-electron chi connectivity index (χ0n) is 14.4. The van der Waals surface area contributed by atoms with Gasteiger partial charge >= 0.3 is 0 Å². The zero-order valence-corrected chi connectivity index (χ0v) is 15.2. The maximum atomic E-state index is 12.3. The van der Waals surface area contributed by atoms with Gasteiger partial charge in [-0.3, -0.25) is 4.79 Å². The van der Waals surface area contributed by atoms with Crippen molar-refractivity contribution in [2.24, 2.45) is 5.92 Å². The van der Waals surface area contributed by atoms with Crippen LogP contribution >= 0.6 is 11.3 Å². The number of hydrogen-bond acceptors (Lipinski definition) is 5. The van der Waals surface area contributed by atoms with Gasteiger partial charge in [0, 0.05) is 24.5 Å². The maximum Gasteiger partial charge on any atom is 0.224 e. The van der Waals surface area contributed by atoms with E-state index >= 15 is 0 Å². The van der Waals surface area contributed by atoms with Crippen LogP contribution in [0.1, 0.15) is 42.5 Å². The summed E-state index contributed by atoms with van der Waals surface area (Å²) in [7, 11) is 0. The molecular weight excluding hydrogens is 320 g/mol. The van der Waals surface area contributed by atoms with Gasteiger partial charge in [-0.25, -0.2) is 9.97 Å². The number of hydrogen-bond donors (Lipinski definition) is 1. The third-order valence-electron chi connectivity index (χ3n) is 5.10. The van der Waals surface area contributed by atoms with E-state index in [0.29, 0.717) is 6.54 Å². The third-order valence-corrected chi connectivity index (χ3v) is 6.29. The van der Waals surface area contributed by atoms with E-state index in [9.17, 15) is 4.79 Å². The smallest absolute Gasteiger partial charge is 0.224 e. The fourth-order valence-corrected chi connectivity index (χ4v) is 5.31. The van der Waals surface area contributed by atoms with Crippen LogP contribution < -0.4 is 10.2 Å². The number of aryl methyl sites for hydroxylation is 3. The van der Waals surface area contributed by atoms with Crippen LogP contribution in [0.4, 0.5) is 5.82 Å². The molecule has 4 rings (SSSR count). The van der Waals surface area contributed by atoms with Crippen molar-refractivity contribution in [3.63, 3.8) is 0 Å². The molecular formula is C18H24N4OS. The van der Waals surface area contributed by atoms with Crippen LogP contribution in [0.15, 0.2) is 0 Å². The maximum absolute atomic E-state index is 12.3. The largest absolute Gasteiger partial charge is 0.356 e. The molecule has 3 heterocycles. The Hall–Kier alpha value is -1.69. The highest BCUT2D eigenvalue weighted by Gasteiger charge is 2.29. The lowest BCUT2D eigenvalue weighted by Gasteiger charge is -2.33. The molecule has 0 saturated carbocycles. The minimum absolute atomic E-state index is 0.0655. The second-order valence-corrected chi connectivity index (χ2v) is 7.90. The highest BCUT2D eigenvalue weighted by Crippen LogP contribution is 2.41. The summed E-state index contributed by atoms with van der Waals surface area (Å²) in [5.41, 5.74) is 1.46. The van der Waals surface area contributed by atoms with Gasteiger partial charge in [0.15, 0.2) is 0 Å². The first-order valence-electron chi connectivity index (χ1n) is 8.99. The Labute approximate surface area is 146 Å². The van der Waals surface area contributed by atoms with Crippen molar-refractivity contribution in [1.29, 1.82) is 0 Å². The highest BCUT2D eigenvalue weighted by molar-refractivity contribution is 7.19. The summed E-state index contributed by atoms with van der Waals surface area (Å²) >= 11 is 1.84. The van der Waals surface area contributed by atoms with E-state index in [2.05, 4.69) is 15.2 Å². The van der Waals surface area contributed by atoms with Crippen LogP contribution in [0.25, 0.3) is 10.2 Å². The molecule has 6 heteroatoms. The molecule has 1 amide bonds. The Morgan fingerprint density at radius 1 is 1.33 bits per heavy atom. The summed E-state index contributed by atoms with van der Waals surface area (Å²) < 4.78 is 0. The summed E-state index contributed by atoms with van der Waals surface area (Å²) in [6.45, 7) is 6.39. The first kappa shape index (κ1) is 15.8. The number of carbonyl (C=O) groups excluding carboxylic acids is 1. The van der Waals surface area contributed by atoms with E-state index in [1.165, 1.54) is 28.7 Å². The van der Waals surface area contributed by atoms with Gasteiger partial charge in [-0.1, -0.05) is 0 Å². The number of nitrogens with zero attached hydrogens (tertiary/aromatic N) is 3. The first-order chi connectivity index (χ1) is 11.7. The predicted molar refractivity (Wildman–Crippen MR) is 97.8 cm³/mol. The Balaban J connectivity index is 1.71. The second-order valence-electron chi connectivity index (χ2n) is 6.81. The molecule has 2 aromatic heterocycles. The number of piperidine rings is 1. The molecule has 0 aromatic carbocycles. The quantitative estimate of drug-likeness (QED) is 0.930. The van der Waals surface area contributed by atoms with Crippen LogP contribution in [0.3, 0.4) is 0 Å². The molecule has 0 bridgehead atoms. The molecule has 2 aromatic rings. The third kappa shape index (κ3) is 2.66. The van der Waals surface area contributed by atoms with Crippen molar-refractivity contribution >= 4 is 33.3 Å². The fourth-order valence-electron chi connectivity index (χ4n) is 4.01. The topological polar surface area (TPSA) is 58.1 Å². The van der Waals surface area contributed by atoms with Gasteiger partial charge in [-0.15, -0.1) is 11.3 Å². The number of aromatic nitrogens is 2. The molecule has 128 valence electrons. The second kappa shape index (κ2) is 6.31. The van der Waals surface area contributed by atoms with Gasteiger partial charge in [0.1, 0.15) is 16.5 Å². The molecule has 1 atom stereocenters. The molecule has 24 heavy (non-hydrogen) atoms. The van der Waals surface area contributed by atoms with Crippen molar-refractivity contribution in [1.82, 2.24) is 15.3 Å². The summed E-state index contributed by atoms with van der Waals surface area (Å²) in [5, 5.41) is 4.24.